The fourth-order valence-corrected chi connectivity index (χ4v) is 2.52. The van der Waals surface area contributed by atoms with Gasteiger partial charge >= 0.3 is 0 Å². The van der Waals surface area contributed by atoms with Gasteiger partial charge in [-0.3, -0.25) is 11.3 Å². The van der Waals surface area contributed by atoms with Gasteiger partial charge in [0.1, 0.15) is 5.82 Å². The van der Waals surface area contributed by atoms with Crippen LogP contribution in [0.4, 0.5) is 4.39 Å². The molecule has 94 valence electrons. The van der Waals surface area contributed by atoms with E-state index in [1.165, 1.54) is 6.07 Å². The number of hydrogen-bond acceptors (Lipinski definition) is 3. The molecule has 1 aliphatic heterocycles. The molecule has 17 heavy (non-hydrogen) atoms. The molecule has 1 aliphatic rings. The number of benzene rings is 1. The van der Waals surface area contributed by atoms with E-state index in [2.05, 4.69) is 5.43 Å². The van der Waals surface area contributed by atoms with E-state index in [1.54, 1.807) is 6.07 Å². The third-order valence-corrected chi connectivity index (χ3v) is 3.48. The minimum absolute atomic E-state index is 0.0829. The standard InChI is InChI=1S/C13H19FN2O/c1-9-8-11(14)2-3-12(9)13(16-15)10-4-6-17-7-5-10/h2-3,8,10,13,16H,4-7,15H2,1H3. The lowest BCUT2D eigenvalue weighted by molar-refractivity contribution is 0.0535. The Bertz CT molecular complexity index is 378. The monoisotopic (exact) mass is 238 g/mol. The second-order valence-electron chi connectivity index (χ2n) is 4.60. The number of hydrazine groups is 1. The first kappa shape index (κ1) is 12.5. The van der Waals surface area contributed by atoms with Crippen LogP contribution in [0, 0.1) is 18.7 Å². The van der Waals surface area contributed by atoms with Crippen molar-refractivity contribution < 1.29 is 9.13 Å². The van der Waals surface area contributed by atoms with Crippen molar-refractivity contribution in [2.24, 2.45) is 11.8 Å². The Hall–Kier alpha value is -0.970. The lowest BCUT2D eigenvalue weighted by Gasteiger charge is -2.31. The van der Waals surface area contributed by atoms with Crippen LogP contribution in [-0.4, -0.2) is 13.2 Å². The molecule has 0 saturated carbocycles. The maximum absolute atomic E-state index is 13.1. The highest BCUT2D eigenvalue weighted by Crippen LogP contribution is 2.31. The molecular formula is C13H19FN2O. The molecule has 0 aliphatic carbocycles. The SMILES string of the molecule is Cc1cc(F)ccc1C(NN)C1CCOCC1. The van der Waals surface area contributed by atoms with Gasteiger partial charge in [-0.2, -0.15) is 0 Å². The molecule has 0 bridgehead atoms. The van der Waals surface area contributed by atoms with Gasteiger partial charge in [0.2, 0.25) is 0 Å². The Morgan fingerprint density at radius 2 is 2.12 bits per heavy atom. The summed E-state index contributed by atoms with van der Waals surface area (Å²) in [4.78, 5) is 0. The van der Waals surface area contributed by atoms with Crippen LogP contribution in [-0.2, 0) is 4.74 Å². The second kappa shape index (κ2) is 5.58. The highest BCUT2D eigenvalue weighted by Gasteiger charge is 2.25. The van der Waals surface area contributed by atoms with Crippen molar-refractivity contribution in [3.8, 4) is 0 Å². The van der Waals surface area contributed by atoms with Gasteiger partial charge in [-0.05, 0) is 48.9 Å². The van der Waals surface area contributed by atoms with Crippen LogP contribution in [0.1, 0.15) is 30.0 Å². The Morgan fingerprint density at radius 3 is 2.71 bits per heavy atom. The van der Waals surface area contributed by atoms with Crippen molar-refractivity contribution in [1.29, 1.82) is 0 Å². The van der Waals surface area contributed by atoms with Gasteiger partial charge < -0.3 is 4.74 Å². The number of nitrogens with one attached hydrogen (secondary N) is 1. The lowest BCUT2D eigenvalue weighted by Crippen LogP contribution is -2.36. The second-order valence-corrected chi connectivity index (χ2v) is 4.60. The van der Waals surface area contributed by atoms with Gasteiger partial charge in [0.15, 0.2) is 0 Å². The fourth-order valence-electron chi connectivity index (χ4n) is 2.52. The normalized spacial score (nSPS) is 19.2. The summed E-state index contributed by atoms with van der Waals surface area (Å²) in [6, 6.07) is 4.95. The Morgan fingerprint density at radius 1 is 1.41 bits per heavy atom. The largest absolute Gasteiger partial charge is 0.381 e. The minimum atomic E-state index is -0.200. The summed E-state index contributed by atoms with van der Waals surface area (Å²) in [5.41, 5.74) is 4.90. The third-order valence-electron chi connectivity index (χ3n) is 3.48. The van der Waals surface area contributed by atoms with Crippen LogP contribution >= 0.6 is 0 Å². The van der Waals surface area contributed by atoms with E-state index >= 15 is 0 Å². The van der Waals surface area contributed by atoms with Crippen molar-refractivity contribution in [2.45, 2.75) is 25.8 Å². The molecule has 1 fully saturated rings. The zero-order valence-corrected chi connectivity index (χ0v) is 10.1. The molecule has 0 radical (unpaired) electrons. The van der Waals surface area contributed by atoms with E-state index in [9.17, 15) is 4.39 Å². The zero-order chi connectivity index (χ0) is 12.3. The molecule has 4 heteroatoms. The summed E-state index contributed by atoms with van der Waals surface area (Å²) in [5.74, 6) is 5.91. The quantitative estimate of drug-likeness (QED) is 0.626. The van der Waals surface area contributed by atoms with Crippen LogP contribution in [0.2, 0.25) is 0 Å². The van der Waals surface area contributed by atoms with E-state index in [1.807, 2.05) is 13.0 Å². The average molecular weight is 238 g/mol. The summed E-state index contributed by atoms with van der Waals surface area (Å²) in [5, 5.41) is 0. The molecule has 3 N–H and O–H groups in total. The molecule has 0 aromatic heterocycles. The predicted octanol–water partition coefficient (Wildman–Crippen LogP) is 2.07. The van der Waals surface area contributed by atoms with Gasteiger partial charge in [-0.15, -0.1) is 0 Å². The van der Waals surface area contributed by atoms with Gasteiger partial charge in [0.05, 0.1) is 0 Å². The van der Waals surface area contributed by atoms with Crippen LogP contribution in [0.15, 0.2) is 18.2 Å². The fraction of sp³-hybridized carbons (Fsp3) is 0.538. The molecule has 2 rings (SSSR count). The number of aryl methyl sites for hydroxylation is 1. The minimum Gasteiger partial charge on any atom is -0.381 e. The van der Waals surface area contributed by atoms with Crippen molar-refractivity contribution >= 4 is 0 Å². The Kier molecular flexibility index (Phi) is 4.10. The number of ether oxygens (including phenoxy) is 1. The van der Waals surface area contributed by atoms with Crippen LogP contribution < -0.4 is 11.3 Å². The summed E-state index contributed by atoms with van der Waals surface area (Å²) < 4.78 is 18.4. The highest BCUT2D eigenvalue weighted by atomic mass is 19.1. The molecule has 1 unspecified atom stereocenters. The molecule has 1 heterocycles. The highest BCUT2D eigenvalue weighted by molar-refractivity contribution is 5.30. The summed E-state index contributed by atoms with van der Waals surface area (Å²) >= 11 is 0. The molecule has 3 nitrogen and oxygen atoms in total. The van der Waals surface area contributed by atoms with Crippen LogP contribution in [0.5, 0.6) is 0 Å². The van der Waals surface area contributed by atoms with Crippen LogP contribution in [0.25, 0.3) is 0 Å². The number of rotatable bonds is 3. The first-order valence-electron chi connectivity index (χ1n) is 6.02. The molecule has 1 saturated heterocycles. The summed E-state index contributed by atoms with van der Waals surface area (Å²) in [7, 11) is 0. The maximum atomic E-state index is 13.1. The Labute approximate surface area is 101 Å². The van der Waals surface area contributed by atoms with Gasteiger partial charge in [-0.25, -0.2) is 4.39 Å². The van der Waals surface area contributed by atoms with E-state index in [4.69, 9.17) is 10.6 Å². The van der Waals surface area contributed by atoms with Crippen molar-refractivity contribution in [3.63, 3.8) is 0 Å². The van der Waals surface area contributed by atoms with Crippen molar-refractivity contribution in [2.75, 3.05) is 13.2 Å². The van der Waals surface area contributed by atoms with Crippen molar-refractivity contribution in [3.05, 3.63) is 35.1 Å². The lowest BCUT2D eigenvalue weighted by atomic mass is 9.86. The Balaban J connectivity index is 2.21. The van der Waals surface area contributed by atoms with E-state index < -0.39 is 0 Å². The predicted molar refractivity (Wildman–Crippen MR) is 64.7 cm³/mol. The molecule has 1 aromatic rings. The number of nitrogens with two attached hydrogens (primary N) is 1. The van der Waals surface area contributed by atoms with E-state index in [-0.39, 0.29) is 11.9 Å². The molecule has 0 spiro atoms. The third kappa shape index (κ3) is 2.83. The first-order valence-corrected chi connectivity index (χ1v) is 6.02. The smallest absolute Gasteiger partial charge is 0.123 e. The van der Waals surface area contributed by atoms with Gasteiger partial charge in [-0.1, -0.05) is 6.07 Å². The molecule has 0 amide bonds. The van der Waals surface area contributed by atoms with Gasteiger partial charge in [0.25, 0.3) is 0 Å². The zero-order valence-electron chi connectivity index (χ0n) is 10.1. The maximum Gasteiger partial charge on any atom is 0.123 e. The van der Waals surface area contributed by atoms with Gasteiger partial charge in [0, 0.05) is 19.3 Å². The summed E-state index contributed by atoms with van der Waals surface area (Å²) in [6.45, 7) is 3.48. The molecule has 1 atom stereocenters. The topological polar surface area (TPSA) is 47.3 Å². The van der Waals surface area contributed by atoms with Crippen LogP contribution in [0.3, 0.4) is 0 Å². The number of hydrogen-bond donors (Lipinski definition) is 2. The molecule has 1 aromatic carbocycles. The summed E-state index contributed by atoms with van der Waals surface area (Å²) in [6.07, 6.45) is 1.98. The average Bonchev–Trinajstić information content (AvgIpc) is 2.34. The number of halogens is 1. The van der Waals surface area contributed by atoms with E-state index in [0.717, 1.165) is 37.2 Å². The van der Waals surface area contributed by atoms with E-state index in [0.29, 0.717) is 5.92 Å². The first-order chi connectivity index (χ1) is 8.22. The molecular weight excluding hydrogens is 219 g/mol. The van der Waals surface area contributed by atoms with Crippen molar-refractivity contribution in [1.82, 2.24) is 5.43 Å².